The maximum Gasteiger partial charge on any atom is 0.224 e. The molecule has 3 N–H and O–H groups in total. The molecule has 6 nitrogen and oxygen atoms in total. The summed E-state index contributed by atoms with van der Waals surface area (Å²) in [5.74, 6) is 1.48. The van der Waals surface area contributed by atoms with E-state index in [1.807, 2.05) is 13.8 Å². The van der Waals surface area contributed by atoms with E-state index in [0.717, 1.165) is 17.9 Å². The van der Waals surface area contributed by atoms with Gasteiger partial charge >= 0.3 is 0 Å². The van der Waals surface area contributed by atoms with Crippen LogP contribution >= 0.6 is 0 Å². The van der Waals surface area contributed by atoms with Crippen LogP contribution in [-0.4, -0.2) is 35.0 Å². The molecule has 1 aromatic heterocycles. The zero-order valence-corrected chi connectivity index (χ0v) is 10.1. The highest BCUT2D eigenvalue weighted by Gasteiger charge is 2.22. The number of carbonyl (C=O) groups excluding carboxylic acids is 1. The van der Waals surface area contributed by atoms with Gasteiger partial charge in [-0.2, -0.15) is 4.98 Å². The average molecular weight is 235 g/mol. The molecule has 92 valence electrons. The van der Waals surface area contributed by atoms with Gasteiger partial charge in [-0.15, -0.1) is 0 Å². The zero-order chi connectivity index (χ0) is 12.3. The Morgan fingerprint density at radius 2 is 2.41 bits per heavy atom. The summed E-state index contributed by atoms with van der Waals surface area (Å²) in [5, 5.41) is 9.12. The first-order chi connectivity index (χ1) is 8.19. The van der Waals surface area contributed by atoms with Gasteiger partial charge in [-0.05, 0) is 13.8 Å². The molecule has 1 unspecified atom stereocenters. The lowest BCUT2D eigenvalue weighted by Crippen LogP contribution is -2.23. The van der Waals surface area contributed by atoms with Gasteiger partial charge in [-0.25, -0.2) is 4.98 Å². The van der Waals surface area contributed by atoms with Crippen molar-refractivity contribution in [2.75, 3.05) is 23.7 Å². The number of aromatic nitrogens is 2. The van der Waals surface area contributed by atoms with E-state index in [9.17, 15) is 4.79 Å². The first-order valence-corrected chi connectivity index (χ1v) is 5.79. The minimum Gasteiger partial charge on any atom is -0.365 e. The van der Waals surface area contributed by atoms with E-state index in [1.54, 1.807) is 6.20 Å². The number of anilines is 2. The molecule has 1 fully saturated rings. The summed E-state index contributed by atoms with van der Waals surface area (Å²) >= 11 is 0. The number of rotatable bonds is 4. The molecule has 2 rings (SSSR count). The predicted molar refractivity (Wildman–Crippen MR) is 66.0 cm³/mol. The molecule has 1 saturated heterocycles. The van der Waals surface area contributed by atoms with E-state index in [2.05, 4.69) is 25.9 Å². The number of hydrogen-bond acceptors (Lipinski definition) is 5. The van der Waals surface area contributed by atoms with Crippen LogP contribution in [0.3, 0.4) is 0 Å². The first-order valence-electron chi connectivity index (χ1n) is 5.79. The van der Waals surface area contributed by atoms with Gasteiger partial charge in [-0.3, -0.25) is 4.79 Å². The lowest BCUT2D eigenvalue weighted by molar-refractivity contribution is -0.119. The van der Waals surface area contributed by atoms with E-state index >= 15 is 0 Å². The lowest BCUT2D eigenvalue weighted by atomic mass is 10.2. The van der Waals surface area contributed by atoms with Gasteiger partial charge in [0.15, 0.2) is 0 Å². The van der Waals surface area contributed by atoms with Crippen molar-refractivity contribution in [3.8, 4) is 0 Å². The third-order valence-electron chi connectivity index (χ3n) is 2.62. The van der Waals surface area contributed by atoms with Crippen molar-refractivity contribution in [1.29, 1.82) is 0 Å². The van der Waals surface area contributed by atoms with Crippen molar-refractivity contribution in [3.05, 3.63) is 11.8 Å². The fraction of sp³-hybridized carbons (Fsp3) is 0.545. The molecule has 0 spiro atoms. The summed E-state index contributed by atoms with van der Waals surface area (Å²) in [6.45, 7) is 5.38. The molecule has 0 aliphatic carbocycles. The average Bonchev–Trinajstić information content (AvgIpc) is 2.69. The molecule has 1 aliphatic heterocycles. The molecule has 0 aromatic carbocycles. The number of amides is 1. The number of carbonyl (C=O) groups is 1. The van der Waals surface area contributed by atoms with Crippen molar-refractivity contribution in [3.63, 3.8) is 0 Å². The third kappa shape index (κ3) is 2.83. The summed E-state index contributed by atoms with van der Waals surface area (Å²) in [6.07, 6.45) is 2.28. The Hall–Kier alpha value is -1.85. The highest BCUT2D eigenvalue weighted by Crippen LogP contribution is 2.15. The predicted octanol–water partition coefficient (Wildman–Crippen LogP) is 0.517. The second-order valence-corrected chi connectivity index (χ2v) is 4.11. The highest BCUT2D eigenvalue weighted by atomic mass is 16.1. The number of aryl methyl sites for hydroxylation is 1. The molecule has 1 aromatic rings. The van der Waals surface area contributed by atoms with Crippen LogP contribution in [0.2, 0.25) is 0 Å². The molecule has 2 heterocycles. The zero-order valence-electron chi connectivity index (χ0n) is 10.1. The smallest absolute Gasteiger partial charge is 0.224 e. The molecule has 1 amide bonds. The number of nitrogens with zero attached hydrogens (tertiary/aromatic N) is 2. The van der Waals surface area contributed by atoms with Crippen LogP contribution in [0.4, 0.5) is 11.8 Å². The molecule has 1 atom stereocenters. The van der Waals surface area contributed by atoms with Crippen LogP contribution in [0.15, 0.2) is 6.20 Å². The lowest BCUT2D eigenvalue weighted by Gasteiger charge is -2.14. The molecule has 0 saturated carbocycles. The Morgan fingerprint density at radius 3 is 3.06 bits per heavy atom. The quantitative estimate of drug-likeness (QED) is 0.709. The molecule has 0 bridgehead atoms. The summed E-state index contributed by atoms with van der Waals surface area (Å²) in [7, 11) is 0. The normalized spacial score (nSPS) is 18.9. The highest BCUT2D eigenvalue weighted by molar-refractivity contribution is 5.79. The Labute approximate surface area is 100 Å². The standard InChI is InChI=1S/C11H17N5O/c1-3-12-11-14-5-7(2)10(16-11)15-8-4-9(17)13-6-8/h5,8H,3-4,6H2,1-2H3,(H,13,17)(H2,12,14,15,16). The van der Waals surface area contributed by atoms with Crippen LogP contribution in [-0.2, 0) is 4.79 Å². The molecular formula is C11H17N5O. The second-order valence-electron chi connectivity index (χ2n) is 4.11. The van der Waals surface area contributed by atoms with Crippen molar-refractivity contribution in [1.82, 2.24) is 15.3 Å². The third-order valence-corrected chi connectivity index (χ3v) is 2.62. The van der Waals surface area contributed by atoms with Crippen molar-refractivity contribution >= 4 is 17.7 Å². The Bertz CT molecular complexity index is 420. The maximum absolute atomic E-state index is 11.1. The largest absolute Gasteiger partial charge is 0.365 e. The topological polar surface area (TPSA) is 78.9 Å². The Kier molecular flexibility index (Phi) is 3.41. The Morgan fingerprint density at radius 1 is 1.59 bits per heavy atom. The van der Waals surface area contributed by atoms with Crippen molar-refractivity contribution in [2.45, 2.75) is 26.3 Å². The SMILES string of the molecule is CCNc1ncc(C)c(NC2CNC(=O)C2)n1. The minimum atomic E-state index is 0.0844. The van der Waals surface area contributed by atoms with E-state index in [0.29, 0.717) is 18.9 Å². The number of hydrogen-bond donors (Lipinski definition) is 3. The van der Waals surface area contributed by atoms with Crippen LogP contribution < -0.4 is 16.0 Å². The van der Waals surface area contributed by atoms with Crippen molar-refractivity contribution in [2.24, 2.45) is 0 Å². The van der Waals surface area contributed by atoms with E-state index in [1.165, 1.54) is 0 Å². The molecular weight excluding hydrogens is 218 g/mol. The summed E-state index contributed by atoms with van der Waals surface area (Å²) in [6, 6.07) is 0.116. The van der Waals surface area contributed by atoms with Crippen molar-refractivity contribution < 1.29 is 4.79 Å². The monoisotopic (exact) mass is 235 g/mol. The van der Waals surface area contributed by atoms with Crippen LogP contribution in [0, 0.1) is 6.92 Å². The van der Waals surface area contributed by atoms with E-state index in [4.69, 9.17) is 0 Å². The second kappa shape index (κ2) is 4.99. The van der Waals surface area contributed by atoms with E-state index < -0.39 is 0 Å². The fourth-order valence-corrected chi connectivity index (χ4v) is 1.73. The summed E-state index contributed by atoms with van der Waals surface area (Å²) in [5.41, 5.74) is 0.978. The molecule has 17 heavy (non-hydrogen) atoms. The van der Waals surface area contributed by atoms with Crippen LogP contribution in [0.1, 0.15) is 18.9 Å². The van der Waals surface area contributed by atoms with Gasteiger partial charge in [-0.1, -0.05) is 0 Å². The van der Waals surface area contributed by atoms with Gasteiger partial charge < -0.3 is 16.0 Å². The molecule has 1 aliphatic rings. The summed E-state index contributed by atoms with van der Waals surface area (Å²) in [4.78, 5) is 19.7. The first kappa shape index (κ1) is 11.6. The van der Waals surface area contributed by atoms with Crippen LogP contribution in [0.25, 0.3) is 0 Å². The molecule has 0 radical (unpaired) electrons. The maximum atomic E-state index is 11.1. The van der Waals surface area contributed by atoms with Gasteiger partial charge in [0.1, 0.15) is 5.82 Å². The Balaban J connectivity index is 2.08. The van der Waals surface area contributed by atoms with Gasteiger partial charge in [0.2, 0.25) is 11.9 Å². The fourth-order valence-electron chi connectivity index (χ4n) is 1.73. The van der Waals surface area contributed by atoms with Gasteiger partial charge in [0, 0.05) is 31.3 Å². The number of nitrogens with one attached hydrogen (secondary N) is 3. The van der Waals surface area contributed by atoms with Gasteiger partial charge in [0.05, 0.1) is 6.04 Å². The summed E-state index contributed by atoms with van der Waals surface area (Å²) < 4.78 is 0. The van der Waals surface area contributed by atoms with Crippen LogP contribution in [0.5, 0.6) is 0 Å². The van der Waals surface area contributed by atoms with E-state index in [-0.39, 0.29) is 11.9 Å². The minimum absolute atomic E-state index is 0.0844. The van der Waals surface area contributed by atoms with Gasteiger partial charge in [0.25, 0.3) is 0 Å². The molecule has 6 heteroatoms.